The van der Waals surface area contributed by atoms with Crippen LogP contribution in [0.4, 0.5) is 4.79 Å². The number of hydrogen-bond donors (Lipinski definition) is 3. The zero-order chi connectivity index (χ0) is 13.5. The Kier molecular flexibility index (Phi) is 4.85. The van der Waals surface area contributed by atoms with E-state index in [1.54, 1.807) is 0 Å². The van der Waals surface area contributed by atoms with Crippen LogP contribution < -0.4 is 10.6 Å². The molecule has 1 aliphatic heterocycles. The average molecular weight is 255 g/mol. The number of hydrogen-bond acceptors (Lipinski definition) is 4. The van der Waals surface area contributed by atoms with Crippen LogP contribution >= 0.6 is 0 Å². The molecule has 0 aromatic carbocycles. The third-order valence-corrected chi connectivity index (χ3v) is 2.19. The van der Waals surface area contributed by atoms with E-state index in [-0.39, 0.29) is 32.0 Å². The summed E-state index contributed by atoms with van der Waals surface area (Å²) in [5, 5.41) is 12.8. The zero-order valence-electron chi connectivity index (χ0n) is 9.51. The lowest BCUT2D eigenvalue weighted by Crippen LogP contribution is -2.37. The molecule has 0 bridgehead atoms. The van der Waals surface area contributed by atoms with Gasteiger partial charge in [-0.1, -0.05) is 0 Å². The lowest BCUT2D eigenvalue weighted by Gasteiger charge is -2.13. The second-order valence-corrected chi connectivity index (χ2v) is 3.49. The molecule has 0 saturated heterocycles. The summed E-state index contributed by atoms with van der Waals surface area (Å²) in [6, 6.07) is 0. The summed E-state index contributed by atoms with van der Waals surface area (Å²) in [6.45, 7) is 0.276. The van der Waals surface area contributed by atoms with Gasteiger partial charge in [-0.2, -0.15) is 0 Å². The lowest BCUT2D eigenvalue weighted by molar-refractivity contribution is -0.137. The van der Waals surface area contributed by atoms with Gasteiger partial charge in [-0.15, -0.1) is 0 Å². The first-order chi connectivity index (χ1) is 8.50. The van der Waals surface area contributed by atoms with Gasteiger partial charge in [0.15, 0.2) is 0 Å². The first-order valence-electron chi connectivity index (χ1n) is 5.27. The van der Waals surface area contributed by atoms with Crippen molar-refractivity contribution < 1.29 is 24.3 Å². The molecule has 4 amide bonds. The van der Waals surface area contributed by atoms with Crippen LogP contribution in [0.5, 0.6) is 0 Å². The van der Waals surface area contributed by atoms with E-state index >= 15 is 0 Å². The third-order valence-electron chi connectivity index (χ3n) is 2.19. The second-order valence-electron chi connectivity index (χ2n) is 3.49. The highest BCUT2D eigenvalue weighted by Gasteiger charge is 2.23. The van der Waals surface area contributed by atoms with E-state index in [9.17, 15) is 19.2 Å². The number of imide groups is 1. The maximum absolute atomic E-state index is 11.3. The van der Waals surface area contributed by atoms with Crippen LogP contribution in [0.1, 0.15) is 6.42 Å². The Morgan fingerprint density at radius 3 is 2.22 bits per heavy atom. The molecule has 3 N–H and O–H groups in total. The number of nitrogens with zero attached hydrogens (tertiary/aromatic N) is 1. The van der Waals surface area contributed by atoms with Crippen LogP contribution in [0.3, 0.4) is 0 Å². The summed E-state index contributed by atoms with van der Waals surface area (Å²) in [5.41, 5.74) is 0. The number of nitrogens with one attached hydrogen (secondary N) is 2. The van der Waals surface area contributed by atoms with Crippen molar-refractivity contribution >= 4 is 23.8 Å². The van der Waals surface area contributed by atoms with E-state index in [1.165, 1.54) is 0 Å². The van der Waals surface area contributed by atoms with E-state index in [1.807, 2.05) is 0 Å². The SMILES string of the molecule is O=C(O)NCCNC(=O)CCN1C(=O)C=CC1=O. The first-order valence-corrected chi connectivity index (χ1v) is 5.27. The number of carbonyl (C=O) groups is 4. The monoisotopic (exact) mass is 255 g/mol. The van der Waals surface area contributed by atoms with Crippen molar-refractivity contribution in [1.29, 1.82) is 0 Å². The summed E-state index contributed by atoms with van der Waals surface area (Å²) in [4.78, 5) is 44.7. The minimum Gasteiger partial charge on any atom is -0.465 e. The molecular formula is C10H13N3O5. The Balaban J connectivity index is 2.16. The van der Waals surface area contributed by atoms with Crippen LogP contribution in [0.2, 0.25) is 0 Å². The number of carbonyl (C=O) groups excluding carboxylic acids is 3. The number of carboxylic acid groups (broad SMARTS) is 1. The van der Waals surface area contributed by atoms with Gasteiger partial charge in [-0.25, -0.2) is 4.79 Å². The Morgan fingerprint density at radius 2 is 1.67 bits per heavy atom. The van der Waals surface area contributed by atoms with E-state index in [0.717, 1.165) is 17.1 Å². The van der Waals surface area contributed by atoms with Gasteiger partial charge in [-0.3, -0.25) is 19.3 Å². The molecule has 18 heavy (non-hydrogen) atoms. The first kappa shape index (κ1) is 13.7. The van der Waals surface area contributed by atoms with Gasteiger partial charge in [0.2, 0.25) is 5.91 Å². The van der Waals surface area contributed by atoms with Crippen molar-refractivity contribution in [2.24, 2.45) is 0 Å². The van der Waals surface area contributed by atoms with Crippen LogP contribution in [-0.2, 0) is 14.4 Å². The van der Waals surface area contributed by atoms with Gasteiger partial charge in [0.05, 0.1) is 0 Å². The van der Waals surface area contributed by atoms with Crippen molar-refractivity contribution in [1.82, 2.24) is 15.5 Å². The Morgan fingerprint density at radius 1 is 1.11 bits per heavy atom. The summed E-state index contributed by atoms with van der Waals surface area (Å²) in [6.07, 6.45) is 1.13. The van der Waals surface area contributed by atoms with Gasteiger partial charge in [-0.05, 0) is 0 Å². The summed E-state index contributed by atoms with van der Waals surface area (Å²) in [7, 11) is 0. The Labute approximate surface area is 103 Å². The van der Waals surface area contributed by atoms with Crippen molar-refractivity contribution in [3.8, 4) is 0 Å². The molecule has 0 radical (unpaired) electrons. The Bertz CT molecular complexity index is 386. The normalized spacial score (nSPS) is 13.9. The highest BCUT2D eigenvalue weighted by atomic mass is 16.4. The zero-order valence-corrected chi connectivity index (χ0v) is 9.51. The molecule has 1 rings (SSSR count). The molecule has 0 aromatic heterocycles. The molecular weight excluding hydrogens is 242 g/mol. The van der Waals surface area contributed by atoms with Gasteiger partial charge in [0.25, 0.3) is 11.8 Å². The summed E-state index contributed by atoms with van der Waals surface area (Å²) in [5.74, 6) is -1.21. The molecule has 0 atom stereocenters. The van der Waals surface area contributed by atoms with E-state index in [2.05, 4.69) is 10.6 Å². The van der Waals surface area contributed by atoms with Crippen LogP contribution in [0.25, 0.3) is 0 Å². The third kappa shape index (κ3) is 4.24. The molecule has 8 heteroatoms. The van der Waals surface area contributed by atoms with Crippen molar-refractivity contribution in [2.45, 2.75) is 6.42 Å². The molecule has 1 heterocycles. The molecule has 8 nitrogen and oxygen atoms in total. The predicted octanol–water partition coefficient (Wildman–Crippen LogP) is -1.31. The molecule has 1 aliphatic rings. The van der Waals surface area contributed by atoms with Crippen LogP contribution in [0, 0.1) is 0 Å². The quantitative estimate of drug-likeness (QED) is 0.402. The maximum Gasteiger partial charge on any atom is 0.404 e. The molecule has 98 valence electrons. The van der Waals surface area contributed by atoms with E-state index < -0.39 is 17.9 Å². The summed E-state index contributed by atoms with van der Waals surface area (Å²) < 4.78 is 0. The fourth-order valence-corrected chi connectivity index (χ4v) is 1.32. The minimum atomic E-state index is -1.16. The number of amides is 4. The van der Waals surface area contributed by atoms with E-state index in [0.29, 0.717) is 0 Å². The molecule has 0 spiro atoms. The fraction of sp³-hybridized carbons (Fsp3) is 0.400. The summed E-state index contributed by atoms with van der Waals surface area (Å²) >= 11 is 0. The predicted molar refractivity (Wildman–Crippen MR) is 59.5 cm³/mol. The highest BCUT2D eigenvalue weighted by Crippen LogP contribution is 2.03. The van der Waals surface area contributed by atoms with Crippen LogP contribution in [0.15, 0.2) is 12.2 Å². The average Bonchev–Trinajstić information content (AvgIpc) is 2.62. The highest BCUT2D eigenvalue weighted by molar-refractivity contribution is 6.13. The molecule has 0 aliphatic carbocycles. The van der Waals surface area contributed by atoms with Crippen LogP contribution in [-0.4, -0.2) is 53.5 Å². The minimum absolute atomic E-state index is 0.00771. The van der Waals surface area contributed by atoms with Crippen molar-refractivity contribution in [2.75, 3.05) is 19.6 Å². The smallest absolute Gasteiger partial charge is 0.404 e. The van der Waals surface area contributed by atoms with E-state index in [4.69, 9.17) is 5.11 Å². The number of rotatable bonds is 6. The molecule has 0 unspecified atom stereocenters. The van der Waals surface area contributed by atoms with Gasteiger partial charge < -0.3 is 15.7 Å². The van der Waals surface area contributed by atoms with Gasteiger partial charge >= 0.3 is 6.09 Å². The fourth-order valence-electron chi connectivity index (χ4n) is 1.32. The van der Waals surface area contributed by atoms with Gasteiger partial charge in [0, 0.05) is 38.2 Å². The molecule has 0 fully saturated rings. The lowest BCUT2D eigenvalue weighted by atomic mass is 10.3. The van der Waals surface area contributed by atoms with Crippen molar-refractivity contribution in [3.05, 3.63) is 12.2 Å². The molecule has 0 aromatic rings. The standard InChI is InChI=1S/C10H13N3O5/c14-7(11-4-5-12-10(17)18)3-6-13-8(15)1-2-9(13)16/h1-2,12H,3-6H2,(H,11,14)(H,17,18). The molecule has 0 saturated carbocycles. The second kappa shape index (κ2) is 6.38. The Hall–Kier alpha value is -2.38. The maximum atomic E-state index is 11.3. The van der Waals surface area contributed by atoms with Crippen molar-refractivity contribution in [3.63, 3.8) is 0 Å². The van der Waals surface area contributed by atoms with Gasteiger partial charge in [0.1, 0.15) is 0 Å². The topological polar surface area (TPSA) is 116 Å². The largest absolute Gasteiger partial charge is 0.465 e.